The highest BCUT2D eigenvalue weighted by molar-refractivity contribution is 6.39. The molecule has 32 heavy (non-hydrogen) atoms. The van der Waals surface area contributed by atoms with Crippen LogP contribution in [-0.2, 0) is 0 Å². The van der Waals surface area contributed by atoms with Gasteiger partial charge < -0.3 is 14.7 Å². The second-order valence-corrected chi connectivity index (χ2v) is 8.71. The van der Waals surface area contributed by atoms with Crippen molar-refractivity contribution in [2.75, 3.05) is 7.05 Å². The normalized spacial score (nSPS) is 20.6. The Morgan fingerprint density at radius 2 is 1.59 bits per heavy atom. The smallest absolute Gasteiger partial charge is 0.262 e. The lowest BCUT2D eigenvalue weighted by molar-refractivity contribution is 0.0694. The minimum absolute atomic E-state index is 0.0509. The van der Waals surface area contributed by atoms with Crippen LogP contribution in [0, 0.1) is 0 Å². The third-order valence-corrected chi connectivity index (χ3v) is 7.01. The van der Waals surface area contributed by atoms with Crippen molar-refractivity contribution in [2.24, 2.45) is 0 Å². The minimum Gasteiger partial charge on any atom is -0.389 e. The van der Waals surface area contributed by atoms with Crippen LogP contribution in [0.3, 0.4) is 0 Å². The maximum absolute atomic E-state index is 13.4. The van der Waals surface area contributed by atoms with E-state index in [1.807, 2.05) is 60.7 Å². The third-order valence-electron chi connectivity index (χ3n) is 7.01. The predicted molar refractivity (Wildman–Crippen MR) is 124 cm³/mol. The molecule has 2 aliphatic rings. The maximum atomic E-state index is 13.4. The molecule has 3 heterocycles. The molecule has 0 saturated carbocycles. The van der Waals surface area contributed by atoms with Crippen LogP contribution < -0.4 is 0 Å². The van der Waals surface area contributed by atoms with Crippen molar-refractivity contribution in [3.63, 3.8) is 0 Å². The minimum atomic E-state index is -0.502. The van der Waals surface area contributed by atoms with Crippen molar-refractivity contribution in [3.8, 4) is 0 Å². The molecule has 0 spiro atoms. The number of hydrogen-bond acceptors (Lipinski definition) is 3. The van der Waals surface area contributed by atoms with E-state index in [1.165, 1.54) is 4.90 Å². The molecule has 0 bridgehead atoms. The van der Waals surface area contributed by atoms with Crippen LogP contribution in [0.1, 0.15) is 33.2 Å². The number of nitrogens with zero attached hydrogens (tertiary/aromatic N) is 2. The molecule has 6 heteroatoms. The number of para-hydroxylation sites is 2. The summed E-state index contributed by atoms with van der Waals surface area (Å²) in [6.45, 7) is 0. The first-order chi connectivity index (χ1) is 15.6. The van der Waals surface area contributed by atoms with Crippen molar-refractivity contribution < 1.29 is 14.7 Å². The number of fused-ring (bicyclic) bond motifs is 10. The van der Waals surface area contributed by atoms with Crippen LogP contribution in [0.25, 0.3) is 43.6 Å². The Bertz CT molecular complexity index is 1690. The van der Waals surface area contributed by atoms with Crippen molar-refractivity contribution in [2.45, 2.75) is 18.6 Å². The molecule has 6 nitrogen and oxygen atoms in total. The number of nitrogens with one attached hydrogen (secondary N) is 1. The Balaban J connectivity index is 1.81. The van der Waals surface area contributed by atoms with Crippen LogP contribution in [0.2, 0.25) is 0 Å². The quantitative estimate of drug-likeness (QED) is 0.309. The molecule has 0 saturated heterocycles. The summed E-state index contributed by atoms with van der Waals surface area (Å²) in [6, 6.07) is 15.8. The summed E-state index contributed by atoms with van der Waals surface area (Å²) in [6.07, 6.45) is 3.92. The zero-order valence-corrected chi connectivity index (χ0v) is 17.3. The largest absolute Gasteiger partial charge is 0.389 e. The maximum Gasteiger partial charge on any atom is 0.262 e. The molecule has 3 aromatic carbocycles. The molecular weight excluding hydrogens is 402 g/mol. The average Bonchev–Trinajstić information content (AvgIpc) is 3.53. The van der Waals surface area contributed by atoms with E-state index < -0.39 is 6.10 Å². The summed E-state index contributed by atoms with van der Waals surface area (Å²) in [5.74, 6) is -0.540. The number of aliphatic hydroxyl groups is 1. The molecule has 2 atom stereocenters. The van der Waals surface area contributed by atoms with Gasteiger partial charge in [0.2, 0.25) is 0 Å². The van der Waals surface area contributed by atoms with Crippen LogP contribution in [0.15, 0.2) is 60.7 Å². The molecule has 1 aliphatic heterocycles. The first-order valence-electron chi connectivity index (χ1n) is 10.7. The summed E-state index contributed by atoms with van der Waals surface area (Å²) < 4.78 is 2.21. The number of benzene rings is 3. The Hall–Kier alpha value is -3.90. The molecule has 156 valence electrons. The first-order valence-corrected chi connectivity index (χ1v) is 10.7. The number of aromatic amines is 1. The second kappa shape index (κ2) is 5.87. The van der Waals surface area contributed by atoms with E-state index in [1.54, 1.807) is 7.05 Å². The number of carbonyl (C=O) groups excluding carboxylic acids is 2. The fourth-order valence-corrected chi connectivity index (χ4v) is 5.64. The Labute approximate surface area is 182 Å². The first kappa shape index (κ1) is 17.7. The summed E-state index contributed by atoms with van der Waals surface area (Å²) in [5, 5.41) is 13.7. The molecule has 1 unspecified atom stereocenters. The van der Waals surface area contributed by atoms with Gasteiger partial charge in [-0.25, -0.2) is 0 Å². The van der Waals surface area contributed by atoms with Gasteiger partial charge in [0, 0.05) is 46.0 Å². The number of amides is 2. The number of carbonyl (C=O) groups is 2. The van der Waals surface area contributed by atoms with Gasteiger partial charge in [0.25, 0.3) is 11.8 Å². The number of imide groups is 1. The van der Waals surface area contributed by atoms with Crippen molar-refractivity contribution in [3.05, 3.63) is 71.8 Å². The zero-order chi connectivity index (χ0) is 21.7. The van der Waals surface area contributed by atoms with Crippen LogP contribution in [-0.4, -0.2) is 44.5 Å². The molecule has 0 radical (unpaired) electrons. The van der Waals surface area contributed by atoms with E-state index in [0.29, 0.717) is 17.5 Å². The summed E-state index contributed by atoms with van der Waals surface area (Å²) in [4.78, 5) is 31.4. The van der Waals surface area contributed by atoms with Gasteiger partial charge in [0.05, 0.1) is 34.3 Å². The van der Waals surface area contributed by atoms with E-state index in [2.05, 4.69) is 9.55 Å². The molecule has 2 aromatic heterocycles. The highest BCUT2D eigenvalue weighted by atomic mass is 16.3. The fourth-order valence-electron chi connectivity index (χ4n) is 5.64. The van der Waals surface area contributed by atoms with E-state index in [4.69, 9.17) is 0 Å². The monoisotopic (exact) mass is 421 g/mol. The van der Waals surface area contributed by atoms with Gasteiger partial charge in [0.1, 0.15) is 0 Å². The number of rotatable bonds is 1. The van der Waals surface area contributed by atoms with Crippen molar-refractivity contribution in [1.82, 2.24) is 14.5 Å². The number of aromatic nitrogens is 2. The molecule has 5 aromatic rings. The predicted octanol–water partition coefficient (Wildman–Crippen LogP) is 4.52. The molecule has 1 aliphatic carbocycles. The topological polar surface area (TPSA) is 78.3 Å². The Morgan fingerprint density at radius 1 is 0.906 bits per heavy atom. The van der Waals surface area contributed by atoms with Gasteiger partial charge in [0.15, 0.2) is 0 Å². The molecule has 0 fully saturated rings. The average molecular weight is 421 g/mol. The van der Waals surface area contributed by atoms with Crippen LogP contribution in [0.4, 0.5) is 0 Å². The van der Waals surface area contributed by atoms with Gasteiger partial charge >= 0.3 is 0 Å². The zero-order valence-electron chi connectivity index (χ0n) is 17.3. The highest BCUT2D eigenvalue weighted by Crippen LogP contribution is 2.46. The summed E-state index contributed by atoms with van der Waals surface area (Å²) >= 11 is 0. The van der Waals surface area contributed by atoms with E-state index in [-0.39, 0.29) is 17.9 Å². The van der Waals surface area contributed by atoms with E-state index in [9.17, 15) is 14.7 Å². The number of aliphatic hydroxyl groups excluding tert-OH is 1. The van der Waals surface area contributed by atoms with Gasteiger partial charge in [-0.1, -0.05) is 48.6 Å². The molecular formula is C26H19N3O3. The number of allylic oxidation sites excluding steroid dienone is 1. The Morgan fingerprint density at radius 3 is 2.34 bits per heavy atom. The third kappa shape index (κ3) is 1.98. The van der Waals surface area contributed by atoms with Crippen LogP contribution in [0.5, 0.6) is 0 Å². The van der Waals surface area contributed by atoms with E-state index >= 15 is 0 Å². The van der Waals surface area contributed by atoms with Gasteiger partial charge in [-0.15, -0.1) is 0 Å². The highest BCUT2D eigenvalue weighted by Gasteiger charge is 2.40. The standard InChI is InChI=1S/C26H19N3O3/c1-28-25(31)21-19-15-6-2-4-8-17(15)27-23(19)24-20(22(21)26(28)32)16-7-3-5-9-18(16)29(24)13-10-11-14(30)12-13/h2-11,13-14,27,30H,12H2,1H3/t13?,14-/m1/s1. The van der Waals surface area contributed by atoms with Gasteiger partial charge in [-0.3, -0.25) is 14.5 Å². The lowest BCUT2D eigenvalue weighted by atomic mass is 9.96. The SMILES string of the molecule is CN1C(=O)c2c(c3c4ccccc4n(C4C=C[C@@H](O)C4)c3c3[nH]c4ccccc4c23)C1=O. The molecule has 2 amide bonds. The summed E-state index contributed by atoms with van der Waals surface area (Å²) in [7, 11) is 1.55. The fraction of sp³-hybridized carbons (Fsp3) is 0.154. The van der Waals surface area contributed by atoms with Gasteiger partial charge in [-0.05, 0) is 12.1 Å². The number of hydrogen-bond donors (Lipinski definition) is 2. The van der Waals surface area contributed by atoms with Crippen molar-refractivity contribution >= 4 is 55.4 Å². The van der Waals surface area contributed by atoms with Crippen molar-refractivity contribution in [1.29, 1.82) is 0 Å². The molecule has 7 rings (SSSR count). The number of H-pyrrole nitrogens is 1. The Kier molecular flexibility index (Phi) is 3.25. The van der Waals surface area contributed by atoms with Crippen LogP contribution >= 0.6 is 0 Å². The second-order valence-electron chi connectivity index (χ2n) is 8.71. The summed E-state index contributed by atoms with van der Waals surface area (Å²) in [5.41, 5.74) is 4.60. The molecule has 2 N–H and O–H groups in total. The van der Waals surface area contributed by atoms with Gasteiger partial charge in [-0.2, -0.15) is 0 Å². The lowest BCUT2D eigenvalue weighted by Crippen LogP contribution is -2.24. The van der Waals surface area contributed by atoms with E-state index in [0.717, 1.165) is 43.6 Å². The lowest BCUT2D eigenvalue weighted by Gasteiger charge is -2.16.